The second kappa shape index (κ2) is 3.31. The molecule has 1 rings (SSSR count). The molecule has 1 aromatic heterocycles. The van der Waals surface area contributed by atoms with Crippen molar-refractivity contribution in [2.75, 3.05) is 6.61 Å². The quantitative estimate of drug-likeness (QED) is 0.672. The molecule has 0 spiro atoms. The van der Waals surface area contributed by atoms with Gasteiger partial charge in [0.1, 0.15) is 12.4 Å². The monoisotopic (exact) mass is 141 g/mol. The minimum absolute atomic E-state index is 0.501. The van der Waals surface area contributed by atoms with Crippen LogP contribution in [0, 0.1) is 6.92 Å². The lowest BCUT2D eigenvalue weighted by Crippen LogP contribution is -1.93. The Morgan fingerprint density at radius 1 is 1.60 bits per heavy atom. The molecule has 0 saturated heterocycles. The van der Waals surface area contributed by atoms with Crippen LogP contribution in [0.15, 0.2) is 0 Å². The molecule has 4 heteroatoms. The van der Waals surface area contributed by atoms with Gasteiger partial charge < -0.3 is 4.74 Å². The fourth-order valence-electron chi connectivity index (χ4n) is 0.647. The van der Waals surface area contributed by atoms with Crippen LogP contribution in [0.4, 0.5) is 0 Å². The van der Waals surface area contributed by atoms with Gasteiger partial charge in [0.05, 0.1) is 0 Å². The first-order chi connectivity index (χ1) is 4.83. The summed E-state index contributed by atoms with van der Waals surface area (Å²) in [5.74, 6) is 1.55. The normalized spacial score (nSPS) is 10.2. The molecular formula is C6H11N3O. The maximum absolute atomic E-state index is 5.09. The van der Waals surface area contributed by atoms with Gasteiger partial charge in [-0.25, -0.2) is 4.98 Å². The van der Waals surface area contributed by atoms with Crippen LogP contribution in [-0.2, 0) is 11.3 Å². The fourth-order valence-corrected chi connectivity index (χ4v) is 0.647. The predicted octanol–water partition coefficient (Wildman–Crippen LogP) is 0.650. The number of nitrogens with zero attached hydrogens (tertiary/aromatic N) is 2. The van der Waals surface area contributed by atoms with E-state index in [0.717, 1.165) is 11.6 Å². The molecule has 1 aromatic rings. The zero-order valence-electron chi connectivity index (χ0n) is 6.22. The van der Waals surface area contributed by atoms with Gasteiger partial charge in [0, 0.05) is 6.61 Å². The predicted molar refractivity (Wildman–Crippen MR) is 36.4 cm³/mol. The number of ether oxygens (including phenoxy) is 1. The smallest absolute Gasteiger partial charge is 0.176 e. The minimum Gasteiger partial charge on any atom is -0.374 e. The third kappa shape index (κ3) is 1.80. The third-order valence-corrected chi connectivity index (χ3v) is 1.08. The fraction of sp³-hybridized carbons (Fsp3) is 0.667. The Bertz CT molecular complexity index is 197. The highest BCUT2D eigenvalue weighted by Gasteiger charge is 1.96. The van der Waals surface area contributed by atoms with Crippen LogP contribution >= 0.6 is 0 Å². The Morgan fingerprint density at radius 3 is 2.90 bits per heavy atom. The van der Waals surface area contributed by atoms with Crippen LogP contribution in [-0.4, -0.2) is 21.8 Å². The molecule has 0 fully saturated rings. The molecule has 10 heavy (non-hydrogen) atoms. The lowest BCUT2D eigenvalue weighted by molar-refractivity contribution is 0.128. The zero-order chi connectivity index (χ0) is 7.40. The zero-order valence-corrected chi connectivity index (χ0v) is 6.22. The van der Waals surface area contributed by atoms with Crippen LogP contribution < -0.4 is 0 Å². The van der Waals surface area contributed by atoms with E-state index in [2.05, 4.69) is 15.2 Å². The van der Waals surface area contributed by atoms with Gasteiger partial charge in [0.25, 0.3) is 0 Å². The molecule has 1 heterocycles. The number of aryl methyl sites for hydroxylation is 1. The van der Waals surface area contributed by atoms with Gasteiger partial charge in [-0.15, -0.1) is 0 Å². The van der Waals surface area contributed by atoms with Gasteiger partial charge in [-0.1, -0.05) is 0 Å². The van der Waals surface area contributed by atoms with Crippen LogP contribution in [0.2, 0.25) is 0 Å². The molecule has 0 aliphatic rings. The van der Waals surface area contributed by atoms with Crippen molar-refractivity contribution in [1.29, 1.82) is 0 Å². The highest BCUT2D eigenvalue weighted by molar-refractivity contribution is 4.84. The first-order valence-corrected chi connectivity index (χ1v) is 3.28. The first-order valence-electron chi connectivity index (χ1n) is 3.28. The molecule has 0 aliphatic heterocycles. The summed E-state index contributed by atoms with van der Waals surface area (Å²) in [5, 5.41) is 6.63. The van der Waals surface area contributed by atoms with E-state index >= 15 is 0 Å². The maximum atomic E-state index is 5.09. The molecule has 4 nitrogen and oxygen atoms in total. The van der Waals surface area contributed by atoms with E-state index in [1.54, 1.807) is 0 Å². The van der Waals surface area contributed by atoms with E-state index in [-0.39, 0.29) is 0 Å². The summed E-state index contributed by atoms with van der Waals surface area (Å²) in [6.45, 7) is 5.01. The molecule has 0 bridgehead atoms. The molecule has 0 amide bonds. The Labute approximate surface area is 59.6 Å². The molecule has 0 aromatic carbocycles. The van der Waals surface area contributed by atoms with Crippen molar-refractivity contribution in [3.8, 4) is 0 Å². The minimum atomic E-state index is 0.501. The Kier molecular flexibility index (Phi) is 2.39. The van der Waals surface area contributed by atoms with Crippen molar-refractivity contribution < 1.29 is 4.74 Å². The Hall–Kier alpha value is -0.900. The molecule has 0 atom stereocenters. The van der Waals surface area contributed by atoms with Crippen molar-refractivity contribution in [3.05, 3.63) is 11.6 Å². The van der Waals surface area contributed by atoms with Crippen molar-refractivity contribution in [3.63, 3.8) is 0 Å². The van der Waals surface area contributed by atoms with Crippen LogP contribution in [0.3, 0.4) is 0 Å². The molecule has 56 valence electrons. The third-order valence-electron chi connectivity index (χ3n) is 1.08. The first kappa shape index (κ1) is 7.21. The molecular weight excluding hydrogens is 130 g/mol. The topological polar surface area (TPSA) is 50.8 Å². The number of hydrogen-bond donors (Lipinski definition) is 1. The highest BCUT2D eigenvalue weighted by atomic mass is 16.5. The summed E-state index contributed by atoms with van der Waals surface area (Å²) in [5.41, 5.74) is 0. The van der Waals surface area contributed by atoms with Crippen LogP contribution in [0.25, 0.3) is 0 Å². The molecule has 0 saturated carbocycles. The average molecular weight is 141 g/mol. The molecule has 0 unspecified atom stereocenters. The van der Waals surface area contributed by atoms with Crippen molar-refractivity contribution >= 4 is 0 Å². The number of H-pyrrole nitrogens is 1. The standard InChI is InChI=1S/C6H11N3O/c1-3-10-4-6-7-5(2)8-9-6/h3-4H2,1-2H3,(H,7,8,9). The summed E-state index contributed by atoms with van der Waals surface area (Å²) in [4.78, 5) is 4.06. The van der Waals surface area contributed by atoms with Gasteiger partial charge in [-0.2, -0.15) is 5.10 Å². The maximum Gasteiger partial charge on any atom is 0.176 e. The average Bonchev–Trinajstić information content (AvgIpc) is 2.31. The van der Waals surface area contributed by atoms with E-state index < -0.39 is 0 Å². The van der Waals surface area contributed by atoms with E-state index in [1.165, 1.54) is 0 Å². The van der Waals surface area contributed by atoms with Crippen molar-refractivity contribution in [2.24, 2.45) is 0 Å². The van der Waals surface area contributed by atoms with Gasteiger partial charge in [0.2, 0.25) is 0 Å². The number of aromatic amines is 1. The summed E-state index contributed by atoms with van der Waals surface area (Å²) >= 11 is 0. The highest BCUT2D eigenvalue weighted by Crippen LogP contribution is 1.92. The van der Waals surface area contributed by atoms with Crippen molar-refractivity contribution in [2.45, 2.75) is 20.5 Å². The number of hydrogen-bond acceptors (Lipinski definition) is 3. The van der Waals surface area contributed by atoms with Crippen molar-refractivity contribution in [1.82, 2.24) is 15.2 Å². The largest absolute Gasteiger partial charge is 0.374 e. The second-order valence-corrected chi connectivity index (χ2v) is 1.97. The van der Waals surface area contributed by atoms with Gasteiger partial charge in [0.15, 0.2) is 5.82 Å². The summed E-state index contributed by atoms with van der Waals surface area (Å²) in [6.07, 6.45) is 0. The lowest BCUT2D eigenvalue weighted by atomic mass is 10.6. The lowest BCUT2D eigenvalue weighted by Gasteiger charge is -1.92. The summed E-state index contributed by atoms with van der Waals surface area (Å²) in [6, 6.07) is 0. The Balaban J connectivity index is 2.42. The molecule has 0 aliphatic carbocycles. The van der Waals surface area contributed by atoms with Crippen LogP contribution in [0.1, 0.15) is 18.6 Å². The SMILES string of the molecule is CCOCc1n[nH]c(C)n1. The Morgan fingerprint density at radius 2 is 2.40 bits per heavy atom. The summed E-state index contributed by atoms with van der Waals surface area (Å²) < 4.78 is 5.09. The van der Waals surface area contributed by atoms with E-state index in [4.69, 9.17) is 4.74 Å². The number of nitrogens with one attached hydrogen (secondary N) is 1. The number of aromatic nitrogens is 3. The molecule has 1 N–H and O–H groups in total. The van der Waals surface area contributed by atoms with E-state index in [1.807, 2.05) is 13.8 Å². The number of rotatable bonds is 3. The van der Waals surface area contributed by atoms with Crippen LogP contribution in [0.5, 0.6) is 0 Å². The van der Waals surface area contributed by atoms with E-state index in [0.29, 0.717) is 13.2 Å². The van der Waals surface area contributed by atoms with Gasteiger partial charge in [-0.3, -0.25) is 5.10 Å². The van der Waals surface area contributed by atoms with Gasteiger partial charge >= 0.3 is 0 Å². The second-order valence-electron chi connectivity index (χ2n) is 1.97. The van der Waals surface area contributed by atoms with E-state index in [9.17, 15) is 0 Å². The summed E-state index contributed by atoms with van der Waals surface area (Å²) in [7, 11) is 0. The van der Waals surface area contributed by atoms with Gasteiger partial charge in [-0.05, 0) is 13.8 Å². The molecule has 0 radical (unpaired) electrons.